The van der Waals surface area contributed by atoms with Crippen LogP contribution in [0.3, 0.4) is 0 Å². The average molecular weight is 188 g/mol. The molecule has 7 heteroatoms. The highest BCUT2D eigenvalue weighted by Gasteiger charge is 2.10. The fourth-order valence-corrected chi connectivity index (χ4v) is 0.900. The fraction of sp³-hybridized carbons (Fsp3) is 1.00. The molecule has 0 radical (unpaired) electrons. The van der Waals surface area contributed by atoms with Crippen molar-refractivity contribution >= 4 is 7.12 Å². The largest absolute Gasteiger partial charge is 0.395 e. The van der Waals surface area contributed by atoms with Gasteiger partial charge in [0.25, 0.3) is 0 Å². The van der Waals surface area contributed by atoms with Crippen LogP contribution >= 0.6 is 0 Å². The van der Waals surface area contributed by atoms with Crippen LogP contribution in [0.4, 0.5) is 0 Å². The molecule has 0 saturated carbocycles. The average Bonchev–Trinajstić information content (AvgIpc) is 2.17. The molecule has 0 amide bonds. The minimum Gasteiger partial charge on any atom is -0.329 e. The van der Waals surface area contributed by atoms with Crippen molar-refractivity contribution in [3.63, 3.8) is 0 Å². The van der Waals surface area contributed by atoms with Gasteiger partial charge in [0.15, 0.2) is 0 Å². The van der Waals surface area contributed by atoms with E-state index in [-0.39, 0.29) is 7.12 Å². The predicted octanol–water partition coefficient (Wildman–Crippen LogP) is -3.38. The zero-order valence-electron chi connectivity index (χ0n) is 8.05. The monoisotopic (exact) mass is 188 g/mol. The molecule has 0 heterocycles. The molecule has 0 bridgehead atoms. The molecule has 0 atom stereocenters. The van der Waals surface area contributed by atoms with Crippen molar-refractivity contribution in [1.82, 2.24) is 15.7 Å². The van der Waals surface area contributed by atoms with Crippen molar-refractivity contribution in [3.05, 3.63) is 0 Å². The highest BCUT2D eigenvalue weighted by Crippen LogP contribution is 1.65. The molecule has 6 nitrogen and oxygen atoms in total. The molecule has 0 unspecified atom stereocenters. The number of nitrogens with one attached hydrogen (secondary N) is 3. The first-order valence-corrected chi connectivity index (χ1v) is 4.65. The highest BCUT2D eigenvalue weighted by atomic mass is 15.1. The number of hydrogen-bond donors (Lipinski definition) is 6. The van der Waals surface area contributed by atoms with Crippen LogP contribution in [-0.4, -0.2) is 46.4 Å². The first kappa shape index (κ1) is 12.8. The Labute approximate surface area is 80.1 Å². The quantitative estimate of drug-likeness (QED) is 0.210. The summed E-state index contributed by atoms with van der Waals surface area (Å²) in [4.78, 5) is 0. The van der Waals surface area contributed by atoms with Crippen LogP contribution in [0.1, 0.15) is 0 Å². The summed E-state index contributed by atoms with van der Waals surface area (Å²) in [5, 5.41) is 9.54. The van der Waals surface area contributed by atoms with Gasteiger partial charge in [-0.15, -0.1) is 0 Å². The number of hydrogen-bond acceptors (Lipinski definition) is 6. The van der Waals surface area contributed by atoms with Crippen LogP contribution in [0, 0.1) is 0 Å². The van der Waals surface area contributed by atoms with E-state index in [1.165, 1.54) is 0 Å². The lowest BCUT2D eigenvalue weighted by atomic mass is 9.94. The second-order valence-electron chi connectivity index (χ2n) is 2.66. The summed E-state index contributed by atoms with van der Waals surface area (Å²) in [6, 6.07) is 0. The molecule has 0 aromatic rings. The van der Waals surface area contributed by atoms with Crippen molar-refractivity contribution in [3.8, 4) is 0 Å². The van der Waals surface area contributed by atoms with Gasteiger partial charge in [-0.3, -0.25) is 0 Å². The first-order chi connectivity index (χ1) is 6.35. The Morgan fingerprint density at radius 3 is 1.23 bits per heavy atom. The van der Waals surface area contributed by atoms with Crippen LogP contribution in [0.2, 0.25) is 0 Å². The van der Waals surface area contributed by atoms with Crippen molar-refractivity contribution < 1.29 is 0 Å². The SMILES string of the molecule is NCCNB(NCCN)NCCN. The minimum atomic E-state index is 0.0515. The maximum atomic E-state index is 5.37. The molecule has 13 heavy (non-hydrogen) atoms. The maximum absolute atomic E-state index is 5.37. The van der Waals surface area contributed by atoms with E-state index in [4.69, 9.17) is 17.2 Å². The Kier molecular flexibility index (Phi) is 9.78. The van der Waals surface area contributed by atoms with E-state index >= 15 is 0 Å². The van der Waals surface area contributed by atoms with Crippen LogP contribution in [-0.2, 0) is 0 Å². The van der Waals surface area contributed by atoms with E-state index in [2.05, 4.69) is 15.7 Å². The van der Waals surface area contributed by atoms with Crippen LogP contribution in [0.25, 0.3) is 0 Å². The normalized spacial score (nSPS) is 10.4. The third kappa shape index (κ3) is 8.16. The molecule has 0 aromatic carbocycles. The first-order valence-electron chi connectivity index (χ1n) is 4.65. The zero-order valence-corrected chi connectivity index (χ0v) is 8.05. The topological polar surface area (TPSA) is 114 Å². The number of nitrogens with two attached hydrogens (primary N) is 3. The summed E-state index contributed by atoms with van der Waals surface area (Å²) < 4.78 is 0. The summed E-state index contributed by atoms with van der Waals surface area (Å²) in [5.74, 6) is 0. The van der Waals surface area contributed by atoms with Gasteiger partial charge in [-0.05, 0) is 19.6 Å². The third-order valence-corrected chi connectivity index (χ3v) is 1.48. The van der Waals surface area contributed by atoms with Gasteiger partial charge in [0.2, 0.25) is 0 Å². The van der Waals surface area contributed by atoms with Crippen LogP contribution in [0.5, 0.6) is 0 Å². The lowest BCUT2D eigenvalue weighted by Gasteiger charge is -2.15. The van der Waals surface area contributed by atoms with E-state index in [9.17, 15) is 0 Å². The Bertz CT molecular complexity index is 84.1. The van der Waals surface area contributed by atoms with E-state index < -0.39 is 0 Å². The van der Waals surface area contributed by atoms with Gasteiger partial charge in [0.1, 0.15) is 0 Å². The predicted molar refractivity (Wildman–Crippen MR) is 56.9 cm³/mol. The van der Waals surface area contributed by atoms with Gasteiger partial charge in [0.05, 0.1) is 0 Å². The smallest absolute Gasteiger partial charge is 0.329 e. The van der Waals surface area contributed by atoms with Crippen molar-refractivity contribution in [2.24, 2.45) is 17.2 Å². The van der Waals surface area contributed by atoms with E-state index in [0.29, 0.717) is 19.6 Å². The zero-order chi connectivity index (χ0) is 9.94. The molecule has 0 aliphatic heterocycles. The maximum Gasteiger partial charge on any atom is 0.395 e. The molecular formula is C6H21BN6. The Morgan fingerprint density at radius 1 is 0.692 bits per heavy atom. The molecule has 0 aliphatic carbocycles. The van der Waals surface area contributed by atoms with Gasteiger partial charge >= 0.3 is 7.12 Å². The summed E-state index contributed by atoms with van der Waals surface area (Å²) in [5.41, 5.74) is 16.1. The Morgan fingerprint density at radius 2 is 1.00 bits per heavy atom. The van der Waals surface area contributed by atoms with E-state index in [1.807, 2.05) is 0 Å². The van der Waals surface area contributed by atoms with Crippen molar-refractivity contribution in [1.29, 1.82) is 0 Å². The minimum absolute atomic E-state index is 0.0515. The standard InChI is InChI=1S/C6H21BN6/c8-1-4-11-7(12-5-2-9)13-6-3-10/h11-13H,1-6,8-10H2. The molecule has 0 aromatic heterocycles. The second-order valence-corrected chi connectivity index (χ2v) is 2.66. The van der Waals surface area contributed by atoms with Gasteiger partial charge < -0.3 is 32.9 Å². The molecule has 0 saturated heterocycles. The molecule has 78 valence electrons. The fourth-order valence-electron chi connectivity index (χ4n) is 0.900. The molecule has 0 spiro atoms. The van der Waals surface area contributed by atoms with Gasteiger partial charge in [-0.1, -0.05) is 0 Å². The van der Waals surface area contributed by atoms with E-state index in [1.54, 1.807) is 0 Å². The van der Waals surface area contributed by atoms with Gasteiger partial charge in [0, 0.05) is 19.6 Å². The summed E-state index contributed by atoms with van der Waals surface area (Å²) in [6.07, 6.45) is 0. The lowest BCUT2D eigenvalue weighted by molar-refractivity contribution is 0.763. The molecular weight excluding hydrogens is 167 g/mol. The van der Waals surface area contributed by atoms with Crippen LogP contribution in [0.15, 0.2) is 0 Å². The van der Waals surface area contributed by atoms with Crippen molar-refractivity contribution in [2.75, 3.05) is 39.3 Å². The lowest BCUT2D eigenvalue weighted by Crippen LogP contribution is -2.60. The summed E-state index contributed by atoms with van der Waals surface area (Å²) in [7, 11) is 0.0515. The van der Waals surface area contributed by atoms with Crippen LogP contribution < -0.4 is 32.9 Å². The van der Waals surface area contributed by atoms with Gasteiger partial charge in [-0.2, -0.15) is 0 Å². The Balaban J connectivity index is 3.47. The highest BCUT2D eigenvalue weighted by molar-refractivity contribution is 6.50. The summed E-state index contributed by atoms with van der Waals surface area (Å²) >= 11 is 0. The second kappa shape index (κ2) is 9.91. The summed E-state index contributed by atoms with van der Waals surface area (Å²) in [6.45, 7) is 4.14. The Hall–Kier alpha value is -0.175. The number of rotatable bonds is 9. The molecule has 0 aliphatic rings. The van der Waals surface area contributed by atoms with Crippen molar-refractivity contribution in [2.45, 2.75) is 0 Å². The van der Waals surface area contributed by atoms with Gasteiger partial charge in [-0.25, -0.2) is 0 Å². The molecule has 0 fully saturated rings. The molecule has 0 rings (SSSR count). The third-order valence-electron chi connectivity index (χ3n) is 1.48. The van der Waals surface area contributed by atoms with E-state index in [0.717, 1.165) is 19.6 Å². The molecule has 9 N–H and O–H groups in total.